The Hall–Kier alpha value is -0.220. The topological polar surface area (TPSA) is 55.1 Å². The first kappa shape index (κ1) is 13.8. The van der Waals surface area contributed by atoms with E-state index >= 15 is 0 Å². The zero-order valence-corrected chi connectivity index (χ0v) is 11.2. The molecular formula is C12H24N2OS. The summed E-state index contributed by atoms with van der Waals surface area (Å²) < 4.78 is 0. The van der Waals surface area contributed by atoms with Crippen molar-refractivity contribution in [3.8, 4) is 0 Å². The number of nitrogens with one attached hydrogen (secondary N) is 1. The second kappa shape index (κ2) is 7.17. The maximum atomic E-state index is 11.7. The lowest BCUT2D eigenvalue weighted by Crippen LogP contribution is -2.46. The van der Waals surface area contributed by atoms with Gasteiger partial charge in [-0.05, 0) is 36.2 Å². The van der Waals surface area contributed by atoms with Crippen molar-refractivity contribution < 1.29 is 4.79 Å². The Balaban J connectivity index is 2.23. The average Bonchev–Trinajstić information content (AvgIpc) is 2.35. The fraction of sp³-hybridized carbons (Fsp3) is 0.917. The summed E-state index contributed by atoms with van der Waals surface area (Å²) in [4.78, 5) is 11.7. The summed E-state index contributed by atoms with van der Waals surface area (Å²) in [7, 11) is 0. The number of rotatable bonds is 5. The molecule has 0 spiro atoms. The summed E-state index contributed by atoms with van der Waals surface area (Å²) in [6.45, 7) is 4.90. The highest BCUT2D eigenvalue weighted by molar-refractivity contribution is 7.99. The van der Waals surface area contributed by atoms with Gasteiger partial charge in [-0.15, -0.1) is 0 Å². The van der Waals surface area contributed by atoms with Crippen molar-refractivity contribution in [1.82, 2.24) is 5.32 Å². The van der Waals surface area contributed by atoms with Crippen LogP contribution in [0.3, 0.4) is 0 Å². The number of hydrogen-bond donors (Lipinski definition) is 2. The second-order valence-corrected chi connectivity index (χ2v) is 5.94. The van der Waals surface area contributed by atoms with Gasteiger partial charge in [0.15, 0.2) is 0 Å². The van der Waals surface area contributed by atoms with Crippen LogP contribution in [0.1, 0.15) is 33.1 Å². The molecule has 3 nitrogen and oxygen atoms in total. The zero-order valence-electron chi connectivity index (χ0n) is 10.4. The number of thioether (sulfide) groups is 1. The molecule has 94 valence electrons. The van der Waals surface area contributed by atoms with Crippen LogP contribution >= 0.6 is 11.8 Å². The van der Waals surface area contributed by atoms with E-state index in [2.05, 4.69) is 12.2 Å². The van der Waals surface area contributed by atoms with E-state index < -0.39 is 0 Å². The maximum Gasteiger partial charge on any atom is 0.237 e. The molecule has 1 aliphatic rings. The summed E-state index contributed by atoms with van der Waals surface area (Å²) in [5.74, 6) is 3.42. The molecule has 2 unspecified atom stereocenters. The van der Waals surface area contributed by atoms with Crippen molar-refractivity contribution in [3.63, 3.8) is 0 Å². The van der Waals surface area contributed by atoms with E-state index in [1.165, 1.54) is 24.3 Å². The number of carbonyl (C=O) groups is 1. The van der Waals surface area contributed by atoms with Crippen molar-refractivity contribution in [3.05, 3.63) is 0 Å². The smallest absolute Gasteiger partial charge is 0.237 e. The van der Waals surface area contributed by atoms with Gasteiger partial charge in [-0.2, -0.15) is 11.8 Å². The van der Waals surface area contributed by atoms with E-state index in [4.69, 9.17) is 5.73 Å². The van der Waals surface area contributed by atoms with Crippen molar-refractivity contribution in [1.29, 1.82) is 0 Å². The van der Waals surface area contributed by atoms with Gasteiger partial charge in [0, 0.05) is 6.54 Å². The molecule has 0 aromatic carbocycles. The van der Waals surface area contributed by atoms with Crippen LogP contribution in [0.2, 0.25) is 0 Å². The molecule has 1 heterocycles. The van der Waals surface area contributed by atoms with Gasteiger partial charge in [0.25, 0.3) is 0 Å². The van der Waals surface area contributed by atoms with Crippen molar-refractivity contribution >= 4 is 17.7 Å². The molecule has 1 amide bonds. The van der Waals surface area contributed by atoms with Gasteiger partial charge in [0.05, 0.1) is 6.04 Å². The molecule has 0 radical (unpaired) electrons. The first-order valence-electron chi connectivity index (χ1n) is 6.26. The number of nitrogens with two attached hydrogens (primary N) is 1. The van der Waals surface area contributed by atoms with Gasteiger partial charge in [0.1, 0.15) is 0 Å². The third-order valence-corrected chi connectivity index (χ3v) is 4.51. The first-order valence-corrected chi connectivity index (χ1v) is 7.41. The summed E-state index contributed by atoms with van der Waals surface area (Å²) in [5, 5.41) is 2.99. The SMILES string of the molecule is CCC(C)C(N)C(=O)NCC1CCSCC1. The predicted octanol–water partition coefficient (Wildman–Crippen LogP) is 1.62. The lowest BCUT2D eigenvalue weighted by atomic mass is 9.98. The van der Waals surface area contributed by atoms with Gasteiger partial charge in [0.2, 0.25) is 5.91 Å². The molecule has 1 rings (SSSR count). The van der Waals surface area contributed by atoms with Crippen molar-refractivity contribution in [2.45, 2.75) is 39.2 Å². The Labute approximate surface area is 103 Å². The molecule has 3 N–H and O–H groups in total. The van der Waals surface area contributed by atoms with Crippen LogP contribution < -0.4 is 11.1 Å². The molecule has 4 heteroatoms. The molecule has 1 fully saturated rings. The molecular weight excluding hydrogens is 220 g/mol. The molecule has 0 aliphatic carbocycles. The molecule has 0 bridgehead atoms. The van der Waals surface area contributed by atoms with Gasteiger partial charge < -0.3 is 11.1 Å². The van der Waals surface area contributed by atoms with Crippen LogP contribution in [0.15, 0.2) is 0 Å². The fourth-order valence-corrected chi connectivity index (χ4v) is 3.03. The maximum absolute atomic E-state index is 11.7. The largest absolute Gasteiger partial charge is 0.354 e. The van der Waals surface area contributed by atoms with Crippen LogP contribution in [0, 0.1) is 11.8 Å². The Morgan fingerprint density at radius 1 is 1.50 bits per heavy atom. The minimum absolute atomic E-state index is 0.0209. The summed E-state index contributed by atoms with van der Waals surface area (Å²) in [5.41, 5.74) is 5.87. The van der Waals surface area contributed by atoms with Gasteiger partial charge in [-0.25, -0.2) is 0 Å². The van der Waals surface area contributed by atoms with Crippen LogP contribution in [0.5, 0.6) is 0 Å². The summed E-state index contributed by atoms with van der Waals surface area (Å²) in [6, 6.07) is -0.344. The van der Waals surface area contributed by atoms with E-state index in [0.29, 0.717) is 5.92 Å². The van der Waals surface area contributed by atoms with Crippen molar-refractivity contribution in [2.75, 3.05) is 18.1 Å². The van der Waals surface area contributed by atoms with E-state index in [1.54, 1.807) is 0 Å². The lowest BCUT2D eigenvalue weighted by Gasteiger charge is -2.23. The zero-order chi connectivity index (χ0) is 12.0. The highest BCUT2D eigenvalue weighted by Crippen LogP contribution is 2.21. The van der Waals surface area contributed by atoms with Crippen LogP contribution in [-0.4, -0.2) is 30.0 Å². The monoisotopic (exact) mass is 244 g/mol. The van der Waals surface area contributed by atoms with E-state index in [1.807, 2.05) is 18.7 Å². The van der Waals surface area contributed by atoms with Crippen LogP contribution in [0.4, 0.5) is 0 Å². The first-order chi connectivity index (χ1) is 7.65. The van der Waals surface area contributed by atoms with E-state index in [0.717, 1.165) is 13.0 Å². The third-order valence-electron chi connectivity index (χ3n) is 3.47. The van der Waals surface area contributed by atoms with Gasteiger partial charge >= 0.3 is 0 Å². The highest BCUT2D eigenvalue weighted by Gasteiger charge is 2.20. The van der Waals surface area contributed by atoms with Crippen LogP contribution in [0.25, 0.3) is 0 Å². The van der Waals surface area contributed by atoms with Gasteiger partial charge in [-0.1, -0.05) is 20.3 Å². The molecule has 1 saturated heterocycles. The fourth-order valence-electron chi connectivity index (χ4n) is 1.83. The minimum atomic E-state index is -0.344. The van der Waals surface area contributed by atoms with Crippen molar-refractivity contribution in [2.24, 2.45) is 17.6 Å². The lowest BCUT2D eigenvalue weighted by molar-refractivity contribution is -0.123. The Kier molecular flexibility index (Phi) is 6.21. The molecule has 2 atom stereocenters. The quantitative estimate of drug-likeness (QED) is 0.772. The summed E-state index contributed by atoms with van der Waals surface area (Å²) in [6.07, 6.45) is 3.40. The molecule has 0 aromatic rings. The Morgan fingerprint density at radius 3 is 2.69 bits per heavy atom. The second-order valence-electron chi connectivity index (χ2n) is 4.71. The molecule has 0 aromatic heterocycles. The molecule has 0 saturated carbocycles. The number of carbonyl (C=O) groups excluding carboxylic acids is 1. The molecule has 16 heavy (non-hydrogen) atoms. The Morgan fingerprint density at radius 2 is 2.12 bits per heavy atom. The number of hydrogen-bond acceptors (Lipinski definition) is 3. The van der Waals surface area contributed by atoms with Gasteiger partial charge in [-0.3, -0.25) is 4.79 Å². The normalized spacial score (nSPS) is 21.4. The van der Waals surface area contributed by atoms with Crippen LogP contribution in [-0.2, 0) is 4.79 Å². The predicted molar refractivity (Wildman–Crippen MR) is 70.5 cm³/mol. The van der Waals surface area contributed by atoms with E-state index in [-0.39, 0.29) is 17.9 Å². The summed E-state index contributed by atoms with van der Waals surface area (Å²) >= 11 is 2.01. The number of amides is 1. The average molecular weight is 244 g/mol. The van der Waals surface area contributed by atoms with E-state index in [9.17, 15) is 4.79 Å². The highest BCUT2D eigenvalue weighted by atomic mass is 32.2. The Bertz CT molecular complexity index is 217. The standard InChI is InChI=1S/C12H24N2OS/c1-3-9(2)11(13)12(15)14-8-10-4-6-16-7-5-10/h9-11H,3-8,13H2,1-2H3,(H,14,15). The third kappa shape index (κ3) is 4.34. The minimum Gasteiger partial charge on any atom is -0.354 e. The molecule has 1 aliphatic heterocycles.